The van der Waals surface area contributed by atoms with Crippen molar-refractivity contribution in [1.29, 1.82) is 0 Å². The Morgan fingerprint density at radius 3 is 2.39 bits per heavy atom. The molecule has 2 heterocycles. The van der Waals surface area contributed by atoms with Gasteiger partial charge in [-0.25, -0.2) is 0 Å². The Labute approximate surface area is 210 Å². The summed E-state index contributed by atoms with van der Waals surface area (Å²) in [4.78, 5) is 6.97. The number of guanidine groups is 1. The minimum absolute atomic E-state index is 0. The van der Waals surface area contributed by atoms with E-state index in [1.165, 1.54) is 58.2 Å². The first-order chi connectivity index (χ1) is 14.7. The molecule has 9 heteroatoms. The lowest BCUT2D eigenvalue weighted by atomic mass is 9.99. The number of aliphatic imine (C=N–C) groups is 1. The third-order valence-electron chi connectivity index (χ3n) is 6.52. The Balaban J connectivity index is 0.00000341. The summed E-state index contributed by atoms with van der Waals surface area (Å²) in [6.07, 6.45) is 13.2. The maximum Gasteiger partial charge on any atom is 0.191 e. The fourth-order valence-electron chi connectivity index (χ4n) is 4.62. The molecule has 0 atom stereocenters. The Morgan fingerprint density at radius 1 is 1.06 bits per heavy atom. The van der Waals surface area contributed by atoms with Crippen LogP contribution in [0.5, 0.6) is 0 Å². The van der Waals surface area contributed by atoms with Crippen LogP contribution in [0.3, 0.4) is 0 Å². The largest absolute Gasteiger partial charge is 0.356 e. The standard InChI is InChI=1S/C22H41N7S.HI/c1-18-11-16-28(17-12-18)15-7-14-25-21(23-2)24-13-6-10-20-26-27-22(30-3)29(20)19-8-4-5-9-19;/h18-19H,4-17H2,1-3H3,(H2,23,24,25);1H. The molecule has 31 heavy (non-hydrogen) atoms. The third-order valence-corrected chi connectivity index (χ3v) is 7.16. The van der Waals surface area contributed by atoms with E-state index in [1.807, 2.05) is 7.05 Å². The first-order valence-electron chi connectivity index (χ1n) is 11.9. The van der Waals surface area contributed by atoms with Crippen molar-refractivity contribution < 1.29 is 0 Å². The zero-order valence-electron chi connectivity index (χ0n) is 19.6. The lowest BCUT2D eigenvalue weighted by Gasteiger charge is -2.30. The van der Waals surface area contributed by atoms with Crippen LogP contribution in [0.2, 0.25) is 0 Å². The van der Waals surface area contributed by atoms with Gasteiger partial charge in [0, 0.05) is 32.6 Å². The van der Waals surface area contributed by atoms with Gasteiger partial charge >= 0.3 is 0 Å². The first-order valence-corrected chi connectivity index (χ1v) is 13.1. The van der Waals surface area contributed by atoms with Crippen LogP contribution in [0.1, 0.15) is 70.2 Å². The van der Waals surface area contributed by atoms with E-state index in [0.717, 1.165) is 55.2 Å². The maximum atomic E-state index is 4.49. The van der Waals surface area contributed by atoms with Crippen LogP contribution in [0.25, 0.3) is 0 Å². The summed E-state index contributed by atoms with van der Waals surface area (Å²) in [5, 5.41) is 16.9. The van der Waals surface area contributed by atoms with Crippen LogP contribution in [-0.4, -0.2) is 71.7 Å². The molecular weight excluding hydrogens is 521 g/mol. The van der Waals surface area contributed by atoms with Gasteiger partial charge in [-0.2, -0.15) is 0 Å². The van der Waals surface area contributed by atoms with Gasteiger partial charge in [-0.1, -0.05) is 31.5 Å². The number of nitrogens with zero attached hydrogens (tertiary/aromatic N) is 5. The van der Waals surface area contributed by atoms with Crippen molar-refractivity contribution in [3.05, 3.63) is 5.82 Å². The number of hydrogen-bond donors (Lipinski definition) is 2. The molecule has 1 aromatic heterocycles. The maximum absolute atomic E-state index is 4.49. The van der Waals surface area contributed by atoms with Crippen molar-refractivity contribution in [1.82, 2.24) is 30.3 Å². The minimum Gasteiger partial charge on any atom is -0.356 e. The zero-order valence-corrected chi connectivity index (χ0v) is 22.8. The number of halogens is 1. The third kappa shape index (κ3) is 8.38. The number of rotatable bonds is 10. The van der Waals surface area contributed by atoms with E-state index in [4.69, 9.17) is 0 Å². The first kappa shape index (κ1) is 26.7. The molecule has 1 aliphatic heterocycles. The normalized spacial score (nSPS) is 18.9. The molecule has 0 bridgehead atoms. The summed E-state index contributed by atoms with van der Waals surface area (Å²) in [5.41, 5.74) is 0. The minimum atomic E-state index is 0. The lowest BCUT2D eigenvalue weighted by Crippen LogP contribution is -2.40. The van der Waals surface area contributed by atoms with Crippen molar-refractivity contribution >= 4 is 41.7 Å². The van der Waals surface area contributed by atoms with E-state index in [1.54, 1.807) is 11.8 Å². The molecule has 1 aliphatic carbocycles. The number of hydrogen-bond acceptors (Lipinski definition) is 5. The molecular formula is C22H42IN7S. The molecule has 1 aromatic rings. The van der Waals surface area contributed by atoms with Gasteiger partial charge in [0.05, 0.1) is 0 Å². The molecule has 0 amide bonds. The monoisotopic (exact) mass is 563 g/mol. The van der Waals surface area contributed by atoms with Crippen molar-refractivity contribution in [3.8, 4) is 0 Å². The summed E-state index contributed by atoms with van der Waals surface area (Å²) in [6.45, 7) is 7.95. The molecule has 0 aromatic carbocycles. The average Bonchev–Trinajstić information content (AvgIpc) is 3.43. The fourth-order valence-corrected chi connectivity index (χ4v) is 5.19. The van der Waals surface area contributed by atoms with Crippen LogP contribution < -0.4 is 10.6 Å². The topological polar surface area (TPSA) is 70.4 Å². The summed E-state index contributed by atoms with van der Waals surface area (Å²) in [7, 11) is 1.85. The molecule has 0 radical (unpaired) electrons. The Hall–Kier alpha value is -0.550. The van der Waals surface area contributed by atoms with Crippen LogP contribution in [0.15, 0.2) is 10.1 Å². The molecule has 3 rings (SSSR count). The summed E-state index contributed by atoms with van der Waals surface area (Å²) in [6, 6.07) is 0.600. The molecule has 178 valence electrons. The molecule has 2 N–H and O–H groups in total. The van der Waals surface area contributed by atoms with Crippen LogP contribution in [-0.2, 0) is 6.42 Å². The van der Waals surface area contributed by atoms with Gasteiger partial charge < -0.3 is 20.1 Å². The number of piperidine rings is 1. The van der Waals surface area contributed by atoms with Crippen molar-refractivity contribution in [2.45, 2.75) is 75.9 Å². The summed E-state index contributed by atoms with van der Waals surface area (Å²) < 4.78 is 2.41. The molecule has 2 fully saturated rings. The van der Waals surface area contributed by atoms with Crippen molar-refractivity contribution in [2.24, 2.45) is 10.9 Å². The highest BCUT2D eigenvalue weighted by molar-refractivity contribution is 14.0. The van der Waals surface area contributed by atoms with Gasteiger partial charge in [0.2, 0.25) is 0 Å². The lowest BCUT2D eigenvalue weighted by molar-refractivity contribution is 0.191. The Bertz CT molecular complexity index is 652. The highest BCUT2D eigenvalue weighted by Gasteiger charge is 2.23. The second kappa shape index (κ2) is 14.6. The van der Waals surface area contributed by atoms with E-state index in [0.29, 0.717) is 6.04 Å². The van der Waals surface area contributed by atoms with Gasteiger partial charge in [0.1, 0.15) is 5.82 Å². The smallest absolute Gasteiger partial charge is 0.191 e. The van der Waals surface area contributed by atoms with Gasteiger partial charge in [-0.3, -0.25) is 4.99 Å². The molecule has 2 aliphatic rings. The van der Waals surface area contributed by atoms with Crippen LogP contribution in [0.4, 0.5) is 0 Å². The number of nitrogens with one attached hydrogen (secondary N) is 2. The summed E-state index contributed by atoms with van der Waals surface area (Å²) >= 11 is 1.71. The van der Waals surface area contributed by atoms with E-state index >= 15 is 0 Å². The SMILES string of the molecule is CN=C(NCCCc1nnc(SC)n1C1CCCC1)NCCCN1CCC(C)CC1.I. The Morgan fingerprint density at radius 2 is 1.74 bits per heavy atom. The number of aromatic nitrogens is 3. The predicted octanol–water partition coefficient (Wildman–Crippen LogP) is 3.95. The van der Waals surface area contributed by atoms with Crippen molar-refractivity contribution in [2.75, 3.05) is 46.0 Å². The predicted molar refractivity (Wildman–Crippen MR) is 142 cm³/mol. The van der Waals surface area contributed by atoms with Gasteiger partial charge in [0.15, 0.2) is 11.1 Å². The second-order valence-electron chi connectivity index (χ2n) is 8.82. The fraction of sp³-hybridized carbons (Fsp3) is 0.864. The highest BCUT2D eigenvalue weighted by Crippen LogP contribution is 2.33. The highest BCUT2D eigenvalue weighted by atomic mass is 127. The van der Waals surface area contributed by atoms with Gasteiger partial charge in [-0.15, -0.1) is 34.2 Å². The van der Waals surface area contributed by atoms with E-state index in [2.05, 4.69) is 48.5 Å². The molecule has 1 saturated heterocycles. The van der Waals surface area contributed by atoms with E-state index in [-0.39, 0.29) is 24.0 Å². The Kier molecular flexibility index (Phi) is 12.5. The number of aryl methyl sites for hydroxylation is 1. The molecule has 7 nitrogen and oxygen atoms in total. The van der Waals surface area contributed by atoms with E-state index in [9.17, 15) is 0 Å². The van der Waals surface area contributed by atoms with Gasteiger partial charge in [-0.05, 0) is 70.3 Å². The molecule has 1 saturated carbocycles. The number of likely N-dealkylation sites (tertiary alicyclic amines) is 1. The summed E-state index contributed by atoms with van der Waals surface area (Å²) in [5.74, 6) is 2.96. The number of thioether (sulfide) groups is 1. The quantitative estimate of drug-likeness (QED) is 0.148. The van der Waals surface area contributed by atoms with Crippen molar-refractivity contribution in [3.63, 3.8) is 0 Å². The van der Waals surface area contributed by atoms with E-state index < -0.39 is 0 Å². The van der Waals surface area contributed by atoms with Crippen LogP contribution in [0, 0.1) is 5.92 Å². The molecule has 0 unspecified atom stereocenters. The molecule has 0 spiro atoms. The van der Waals surface area contributed by atoms with Gasteiger partial charge in [0.25, 0.3) is 0 Å². The van der Waals surface area contributed by atoms with Crippen LogP contribution >= 0.6 is 35.7 Å². The average molecular weight is 564 g/mol. The zero-order chi connectivity index (χ0) is 21.2. The second-order valence-corrected chi connectivity index (χ2v) is 9.59.